The Labute approximate surface area is 148 Å². The van der Waals surface area contributed by atoms with Crippen LogP contribution in [0.5, 0.6) is 5.75 Å². The SMILES string of the molecule is COc1ccc(-c2n[nH]c(C)c2NC(=O)Nc2cccc(F)c2)c(F)c1. The predicted octanol–water partition coefficient (Wildman–Crippen LogP) is 4.32. The maximum atomic E-state index is 14.3. The first kappa shape index (κ1) is 17.4. The normalized spacial score (nSPS) is 10.5. The largest absolute Gasteiger partial charge is 0.497 e. The smallest absolute Gasteiger partial charge is 0.323 e. The maximum absolute atomic E-state index is 14.3. The lowest BCUT2D eigenvalue weighted by molar-refractivity contribution is 0.262. The Hall–Kier alpha value is -3.42. The van der Waals surface area contributed by atoms with E-state index in [2.05, 4.69) is 20.8 Å². The number of anilines is 2. The van der Waals surface area contributed by atoms with Crippen molar-refractivity contribution in [2.75, 3.05) is 17.7 Å². The molecular weight excluding hydrogens is 342 g/mol. The van der Waals surface area contributed by atoms with Gasteiger partial charge in [-0.1, -0.05) is 6.07 Å². The van der Waals surface area contributed by atoms with Gasteiger partial charge in [0.2, 0.25) is 0 Å². The molecule has 0 atom stereocenters. The number of nitrogens with zero attached hydrogens (tertiary/aromatic N) is 1. The summed E-state index contributed by atoms with van der Waals surface area (Å²) in [5.41, 5.74) is 1.61. The molecule has 6 nitrogen and oxygen atoms in total. The first-order valence-corrected chi connectivity index (χ1v) is 7.70. The van der Waals surface area contributed by atoms with Gasteiger partial charge in [-0.15, -0.1) is 0 Å². The Bertz CT molecular complexity index is 956. The number of carbonyl (C=O) groups is 1. The van der Waals surface area contributed by atoms with Crippen LogP contribution in [0.3, 0.4) is 0 Å². The Morgan fingerprint density at radius 1 is 1.15 bits per heavy atom. The molecule has 0 bridgehead atoms. The van der Waals surface area contributed by atoms with Crippen molar-refractivity contribution in [3.63, 3.8) is 0 Å². The Kier molecular flexibility index (Phi) is 4.83. The van der Waals surface area contributed by atoms with Crippen molar-refractivity contribution < 1.29 is 18.3 Å². The highest BCUT2D eigenvalue weighted by atomic mass is 19.1. The summed E-state index contributed by atoms with van der Waals surface area (Å²) >= 11 is 0. The second kappa shape index (κ2) is 7.22. The lowest BCUT2D eigenvalue weighted by atomic mass is 10.1. The zero-order valence-electron chi connectivity index (χ0n) is 14.1. The number of amides is 2. The first-order valence-electron chi connectivity index (χ1n) is 7.70. The van der Waals surface area contributed by atoms with Crippen molar-refractivity contribution in [3.05, 3.63) is 59.8 Å². The molecule has 0 aliphatic heterocycles. The van der Waals surface area contributed by atoms with Crippen LogP contribution in [0.15, 0.2) is 42.5 Å². The fourth-order valence-electron chi connectivity index (χ4n) is 2.43. The van der Waals surface area contributed by atoms with Gasteiger partial charge < -0.3 is 15.4 Å². The molecular formula is C18H16F2N4O2. The van der Waals surface area contributed by atoms with E-state index in [1.165, 1.54) is 37.4 Å². The van der Waals surface area contributed by atoms with E-state index >= 15 is 0 Å². The van der Waals surface area contributed by atoms with E-state index in [0.29, 0.717) is 22.8 Å². The average molecular weight is 358 g/mol. The summed E-state index contributed by atoms with van der Waals surface area (Å²) < 4.78 is 32.5. The summed E-state index contributed by atoms with van der Waals surface area (Å²) in [7, 11) is 1.44. The molecule has 0 spiro atoms. The van der Waals surface area contributed by atoms with Gasteiger partial charge in [0.05, 0.1) is 18.5 Å². The van der Waals surface area contributed by atoms with Gasteiger partial charge in [0.1, 0.15) is 23.1 Å². The van der Waals surface area contributed by atoms with Crippen LogP contribution in [0.2, 0.25) is 0 Å². The molecule has 1 heterocycles. The number of rotatable bonds is 4. The number of methoxy groups -OCH3 is 1. The van der Waals surface area contributed by atoms with E-state index in [4.69, 9.17) is 4.74 Å². The number of aromatic amines is 1. The number of halogens is 2. The lowest BCUT2D eigenvalue weighted by Crippen LogP contribution is -2.20. The van der Waals surface area contributed by atoms with Crippen LogP contribution in [0.4, 0.5) is 25.0 Å². The van der Waals surface area contributed by atoms with Gasteiger partial charge in [0, 0.05) is 17.3 Å². The third-order valence-electron chi connectivity index (χ3n) is 3.70. The monoisotopic (exact) mass is 358 g/mol. The van der Waals surface area contributed by atoms with E-state index in [1.807, 2.05) is 0 Å². The molecule has 0 saturated heterocycles. The fourth-order valence-corrected chi connectivity index (χ4v) is 2.43. The second-order valence-corrected chi connectivity index (χ2v) is 5.51. The van der Waals surface area contributed by atoms with Crippen LogP contribution >= 0.6 is 0 Å². The maximum Gasteiger partial charge on any atom is 0.323 e. The van der Waals surface area contributed by atoms with Crippen molar-refractivity contribution in [2.45, 2.75) is 6.92 Å². The summed E-state index contributed by atoms with van der Waals surface area (Å²) in [6.07, 6.45) is 0. The molecule has 0 aliphatic rings. The highest BCUT2D eigenvalue weighted by Crippen LogP contribution is 2.32. The van der Waals surface area contributed by atoms with Crippen molar-refractivity contribution >= 4 is 17.4 Å². The number of nitrogens with one attached hydrogen (secondary N) is 3. The molecule has 3 N–H and O–H groups in total. The van der Waals surface area contributed by atoms with Crippen LogP contribution in [0.25, 0.3) is 11.3 Å². The van der Waals surface area contributed by atoms with E-state index in [1.54, 1.807) is 19.1 Å². The van der Waals surface area contributed by atoms with Crippen molar-refractivity contribution in [2.24, 2.45) is 0 Å². The Morgan fingerprint density at radius 2 is 1.96 bits per heavy atom. The minimum atomic E-state index is -0.602. The number of H-pyrrole nitrogens is 1. The molecule has 134 valence electrons. The zero-order chi connectivity index (χ0) is 18.7. The van der Waals surface area contributed by atoms with Gasteiger partial charge in [-0.05, 0) is 37.3 Å². The Balaban J connectivity index is 1.85. The number of aryl methyl sites for hydroxylation is 1. The first-order chi connectivity index (χ1) is 12.5. The molecule has 3 rings (SSSR count). The van der Waals surface area contributed by atoms with Crippen LogP contribution in [-0.4, -0.2) is 23.3 Å². The minimum Gasteiger partial charge on any atom is -0.497 e. The fraction of sp³-hybridized carbons (Fsp3) is 0.111. The topological polar surface area (TPSA) is 79.0 Å². The molecule has 0 unspecified atom stereocenters. The molecule has 3 aromatic rings. The standard InChI is InChI=1S/C18H16F2N4O2/c1-10-16(22-18(25)21-12-5-3-4-11(19)8-12)17(24-23-10)14-7-6-13(26-2)9-15(14)20/h3-9H,1-2H3,(H,23,24)(H2,21,22,25). The molecule has 0 fully saturated rings. The molecule has 1 aromatic heterocycles. The lowest BCUT2D eigenvalue weighted by Gasteiger charge is -2.10. The highest BCUT2D eigenvalue weighted by Gasteiger charge is 2.18. The zero-order valence-corrected chi connectivity index (χ0v) is 14.1. The summed E-state index contributed by atoms with van der Waals surface area (Å²) in [6, 6.07) is 9.23. The molecule has 0 saturated carbocycles. The number of urea groups is 1. The van der Waals surface area contributed by atoms with E-state index in [0.717, 1.165) is 0 Å². The summed E-state index contributed by atoms with van der Waals surface area (Å²) in [6.45, 7) is 1.69. The third-order valence-corrected chi connectivity index (χ3v) is 3.70. The quantitative estimate of drug-likeness (QED) is 0.650. The average Bonchev–Trinajstić information content (AvgIpc) is 2.95. The van der Waals surface area contributed by atoms with Crippen molar-refractivity contribution in [1.29, 1.82) is 0 Å². The van der Waals surface area contributed by atoms with Crippen LogP contribution in [0, 0.1) is 18.6 Å². The van der Waals surface area contributed by atoms with Crippen LogP contribution < -0.4 is 15.4 Å². The third kappa shape index (κ3) is 3.64. The van der Waals surface area contributed by atoms with Crippen molar-refractivity contribution in [1.82, 2.24) is 10.2 Å². The van der Waals surface area contributed by atoms with Gasteiger partial charge in [-0.3, -0.25) is 5.10 Å². The number of hydrogen-bond acceptors (Lipinski definition) is 3. The van der Waals surface area contributed by atoms with Crippen LogP contribution in [0.1, 0.15) is 5.69 Å². The van der Waals surface area contributed by atoms with Gasteiger partial charge in [0.15, 0.2) is 0 Å². The molecule has 2 amide bonds. The minimum absolute atomic E-state index is 0.205. The summed E-state index contributed by atoms with van der Waals surface area (Å²) in [5, 5.41) is 11.9. The highest BCUT2D eigenvalue weighted by molar-refractivity contribution is 6.02. The van der Waals surface area contributed by atoms with E-state index < -0.39 is 17.7 Å². The molecule has 0 aliphatic carbocycles. The van der Waals surface area contributed by atoms with Crippen molar-refractivity contribution in [3.8, 4) is 17.0 Å². The van der Waals surface area contributed by atoms with Gasteiger partial charge in [-0.25, -0.2) is 13.6 Å². The Morgan fingerprint density at radius 3 is 2.65 bits per heavy atom. The molecule has 2 aromatic carbocycles. The number of ether oxygens (including phenoxy) is 1. The molecule has 0 radical (unpaired) electrons. The van der Waals surface area contributed by atoms with Gasteiger partial charge in [-0.2, -0.15) is 5.10 Å². The molecule has 8 heteroatoms. The van der Waals surface area contributed by atoms with Gasteiger partial charge in [0.25, 0.3) is 0 Å². The number of aromatic nitrogens is 2. The van der Waals surface area contributed by atoms with Gasteiger partial charge >= 0.3 is 6.03 Å². The summed E-state index contributed by atoms with van der Waals surface area (Å²) in [5.74, 6) is -0.635. The van der Waals surface area contributed by atoms with E-state index in [9.17, 15) is 13.6 Å². The predicted molar refractivity (Wildman–Crippen MR) is 94.3 cm³/mol. The second-order valence-electron chi connectivity index (χ2n) is 5.51. The van der Waals surface area contributed by atoms with E-state index in [-0.39, 0.29) is 11.3 Å². The number of benzene rings is 2. The number of hydrogen-bond donors (Lipinski definition) is 3. The summed E-state index contributed by atoms with van der Waals surface area (Å²) in [4.78, 5) is 12.2. The number of carbonyl (C=O) groups excluding carboxylic acids is 1. The molecule has 26 heavy (non-hydrogen) atoms. The van der Waals surface area contributed by atoms with Crippen LogP contribution in [-0.2, 0) is 0 Å².